The number of aliphatic hydroxyl groups is 2. The molecule has 2 saturated carbocycles. The minimum absolute atomic E-state index is 0. The number of benzene rings is 4. The molecule has 4 aromatic rings. The summed E-state index contributed by atoms with van der Waals surface area (Å²) in [7, 11) is 2.90. The summed E-state index contributed by atoms with van der Waals surface area (Å²) in [6.07, 6.45) is 16.0. The zero-order valence-electron chi connectivity index (χ0n) is 29.7. The summed E-state index contributed by atoms with van der Waals surface area (Å²) in [5, 5.41) is 24.2. The molecule has 51 heavy (non-hydrogen) atoms. The Balaban J connectivity index is 0.000000334. The van der Waals surface area contributed by atoms with Crippen molar-refractivity contribution in [2.45, 2.75) is 38.1 Å². The zero-order chi connectivity index (χ0) is 33.9. The summed E-state index contributed by atoms with van der Waals surface area (Å²) in [4.78, 5) is 0. The fourth-order valence-electron chi connectivity index (χ4n) is 5.81. The van der Waals surface area contributed by atoms with Gasteiger partial charge in [-0.25, -0.2) is 0 Å². The Morgan fingerprint density at radius 3 is 0.980 bits per heavy atom. The van der Waals surface area contributed by atoms with Crippen molar-refractivity contribution in [3.05, 3.63) is 195 Å². The van der Waals surface area contributed by atoms with Gasteiger partial charge in [0.05, 0.1) is 12.2 Å². The van der Waals surface area contributed by atoms with Gasteiger partial charge in [0.2, 0.25) is 0 Å². The summed E-state index contributed by atoms with van der Waals surface area (Å²) < 4.78 is 4.63. The van der Waals surface area contributed by atoms with Crippen molar-refractivity contribution in [2.75, 3.05) is 14.1 Å². The second kappa shape index (κ2) is 23.2. The Morgan fingerprint density at radius 2 is 0.706 bits per heavy atom. The molecular formula is C42H46B2N2O2P2Ru+2. The van der Waals surface area contributed by atoms with Crippen LogP contribution < -0.4 is 10.6 Å². The molecule has 0 bridgehead atoms. The van der Waals surface area contributed by atoms with Crippen molar-refractivity contribution < 1.29 is 29.7 Å². The molecule has 9 heteroatoms. The number of rotatable bonds is 12. The third kappa shape index (κ3) is 12.2. The Bertz CT molecular complexity index is 1360. The molecule has 4 nitrogen and oxygen atoms in total. The molecule has 0 heterocycles. The number of aliphatic hydroxyl groups excluding tert-OH is 2. The maximum atomic E-state index is 10.8. The Kier molecular flexibility index (Phi) is 20.7. The second-order valence-electron chi connectivity index (χ2n) is 11.9. The van der Waals surface area contributed by atoms with Gasteiger partial charge in [-0.15, -0.1) is 0 Å². The molecule has 0 aliphatic heterocycles. The van der Waals surface area contributed by atoms with Gasteiger partial charge in [0.1, 0.15) is 0 Å². The predicted octanol–water partition coefficient (Wildman–Crippen LogP) is 7.49. The standard InChI is InChI=1S/2C21H23NOP.2B.Ru/c2*1-17(21(23)18-11-5-3-6-12-18)22(2)24(20-15-9-10-16-20)19-13-7-4-8-14-19;;;/h2*3-17,21,23H,1-2H3;;;/q;;;;+2/t17-,21-,24+;17-,21-,24-;;;/m11.../s1. The van der Waals surface area contributed by atoms with E-state index in [-0.39, 0.29) is 48.4 Å². The number of hydrogen-bond acceptors (Lipinski definition) is 4. The average molecular weight is 795 g/mol. The summed E-state index contributed by atoms with van der Waals surface area (Å²) >= 11 is 0. The van der Waals surface area contributed by atoms with E-state index in [2.05, 4.69) is 137 Å². The summed E-state index contributed by atoms with van der Waals surface area (Å²) in [5.41, 5.74) is 4.54. The fraction of sp³-hybridized carbons (Fsp3) is 0.190. The van der Waals surface area contributed by atoms with Crippen LogP contribution in [0.1, 0.15) is 37.2 Å². The minimum atomic E-state index is -0.664. The molecular weight excluding hydrogens is 749 g/mol. The van der Waals surface area contributed by atoms with Gasteiger partial charge in [0, 0.05) is 56.4 Å². The van der Waals surface area contributed by atoms with Crippen LogP contribution in [0.25, 0.3) is 0 Å². The van der Waals surface area contributed by atoms with E-state index in [1.165, 1.54) is 21.9 Å². The number of likely N-dealkylation sites (N-methyl/N-ethyl adjacent to an activating group) is 2. The molecule has 6 rings (SSSR count). The van der Waals surface area contributed by atoms with Crippen LogP contribution in [0.3, 0.4) is 0 Å². The number of hydrogen-bond donors (Lipinski definition) is 2. The predicted molar refractivity (Wildman–Crippen MR) is 216 cm³/mol. The molecule has 6 atom stereocenters. The Morgan fingerprint density at radius 1 is 0.451 bits per heavy atom. The Hall–Kier alpha value is -1.67. The van der Waals surface area contributed by atoms with E-state index < -0.39 is 28.4 Å². The normalized spacial score (nSPS) is 18.2. The fourth-order valence-corrected chi connectivity index (χ4v) is 10.7. The van der Waals surface area contributed by atoms with Crippen LogP contribution in [-0.4, -0.2) is 62.6 Å². The molecule has 0 spiro atoms. The smallest absolute Gasteiger partial charge is 0.387 e. The maximum Gasteiger partial charge on any atom is 2.00 e. The average Bonchev–Trinajstić information content (AvgIpc) is 3.88. The van der Waals surface area contributed by atoms with Crippen LogP contribution in [0.2, 0.25) is 0 Å². The van der Waals surface area contributed by atoms with Crippen molar-refractivity contribution in [2.24, 2.45) is 0 Å². The Labute approximate surface area is 328 Å². The molecule has 0 aromatic heterocycles. The first kappa shape index (κ1) is 45.5. The van der Waals surface area contributed by atoms with Gasteiger partial charge in [0.15, 0.2) is 0 Å². The van der Waals surface area contributed by atoms with E-state index in [9.17, 15) is 10.2 Å². The summed E-state index contributed by atoms with van der Waals surface area (Å²) in [6, 6.07) is 41.0. The maximum absolute atomic E-state index is 10.8. The van der Waals surface area contributed by atoms with Crippen molar-refractivity contribution in [1.82, 2.24) is 9.34 Å². The van der Waals surface area contributed by atoms with Crippen LogP contribution in [0, 0.1) is 62.7 Å². The van der Waals surface area contributed by atoms with Crippen molar-refractivity contribution in [1.29, 1.82) is 0 Å². The third-order valence-electron chi connectivity index (χ3n) is 8.79. The molecule has 0 saturated heterocycles. The molecule has 2 fully saturated rings. The second-order valence-corrected chi connectivity index (χ2v) is 16.5. The van der Waals surface area contributed by atoms with Crippen molar-refractivity contribution >= 4 is 43.6 Å². The van der Waals surface area contributed by atoms with Gasteiger partial charge in [-0.1, -0.05) is 121 Å². The molecule has 2 aliphatic carbocycles. The quantitative estimate of drug-likeness (QED) is 0.115. The van der Waals surface area contributed by atoms with Gasteiger partial charge in [-0.05, 0) is 101 Å². The van der Waals surface area contributed by atoms with E-state index in [0.29, 0.717) is 0 Å². The molecule has 4 aromatic carbocycles. The zero-order valence-corrected chi connectivity index (χ0v) is 33.2. The van der Waals surface area contributed by atoms with Gasteiger partial charge < -0.3 is 10.2 Å². The van der Waals surface area contributed by atoms with Crippen LogP contribution in [0.4, 0.5) is 0 Å². The molecule has 2 aliphatic rings. The molecule has 16 radical (unpaired) electrons. The summed E-state index contributed by atoms with van der Waals surface area (Å²) in [5.74, 6) is 0. The molecule has 258 valence electrons. The monoisotopic (exact) mass is 796 g/mol. The SMILES string of the molecule is C[C@H]([C@@H](O)c1ccccc1)N(C)[P@@]([C]1[CH][CH][CH][CH]1)c1ccccc1.C[C@H]([C@@H](O)c1ccccc1)N(C)[P@]([C]1[CH][CH][CH][CH]1)c1ccccc1.[B].[B].[Ru+2]. The van der Waals surface area contributed by atoms with Gasteiger partial charge in [-0.3, -0.25) is 9.34 Å². The minimum Gasteiger partial charge on any atom is -0.387 e. The van der Waals surface area contributed by atoms with Crippen LogP contribution in [0.15, 0.2) is 121 Å². The summed E-state index contributed by atoms with van der Waals surface area (Å²) in [6.45, 7) is 4.19. The number of nitrogens with zero attached hydrogens (tertiary/aromatic N) is 2. The van der Waals surface area contributed by atoms with Crippen LogP contribution in [0.5, 0.6) is 0 Å². The third-order valence-corrected chi connectivity index (χ3v) is 13.9. The van der Waals surface area contributed by atoms with E-state index in [0.717, 1.165) is 11.1 Å². The largest absolute Gasteiger partial charge is 2.00 e. The first-order valence-corrected chi connectivity index (χ1v) is 19.0. The van der Waals surface area contributed by atoms with E-state index >= 15 is 0 Å². The van der Waals surface area contributed by atoms with Gasteiger partial charge in [0.25, 0.3) is 0 Å². The van der Waals surface area contributed by atoms with Gasteiger partial charge in [-0.2, -0.15) is 0 Å². The molecule has 0 amide bonds. The first-order chi connectivity index (χ1) is 23.4. The first-order valence-electron chi connectivity index (χ1n) is 16.4. The van der Waals surface area contributed by atoms with Crippen molar-refractivity contribution in [3.63, 3.8) is 0 Å². The van der Waals surface area contributed by atoms with Crippen molar-refractivity contribution in [3.8, 4) is 0 Å². The van der Waals surface area contributed by atoms with E-state index in [1.54, 1.807) is 0 Å². The molecule has 0 unspecified atom stereocenters. The van der Waals surface area contributed by atoms with E-state index in [4.69, 9.17) is 0 Å². The van der Waals surface area contributed by atoms with Crippen LogP contribution >= 0.6 is 16.1 Å². The van der Waals surface area contributed by atoms with E-state index in [1.807, 2.05) is 72.8 Å². The van der Waals surface area contributed by atoms with Crippen LogP contribution in [-0.2, 0) is 19.5 Å². The van der Waals surface area contributed by atoms with Gasteiger partial charge >= 0.3 is 19.5 Å². The molecule has 2 N–H and O–H groups in total. The topological polar surface area (TPSA) is 46.9 Å².